The van der Waals surface area contributed by atoms with Gasteiger partial charge in [-0.05, 0) is 42.3 Å². The van der Waals surface area contributed by atoms with Crippen LogP contribution in [-0.4, -0.2) is 32.6 Å². The minimum Gasteiger partial charge on any atom is -0.348 e. The van der Waals surface area contributed by atoms with E-state index in [1.807, 2.05) is 12.1 Å². The first-order valence-electron chi connectivity index (χ1n) is 7.00. The maximum absolute atomic E-state index is 12.3. The summed E-state index contributed by atoms with van der Waals surface area (Å²) in [7, 11) is -1.91. The molecule has 0 bridgehead atoms. The Labute approximate surface area is 136 Å². The van der Waals surface area contributed by atoms with Crippen molar-refractivity contribution in [3.05, 3.63) is 59.4 Å². The number of carbonyl (C=O) groups is 1. The van der Waals surface area contributed by atoms with Crippen LogP contribution < -0.4 is 9.62 Å². The highest BCUT2D eigenvalue weighted by molar-refractivity contribution is 7.92. The van der Waals surface area contributed by atoms with Crippen molar-refractivity contribution in [2.45, 2.75) is 13.5 Å². The standard InChI is InChI=1S/C16H19N3O3S/c1-12-4-5-14(10-15(12)19(2)23(3,21)22)16(20)18-11-13-6-8-17-9-7-13/h4-10H,11H2,1-3H3,(H,18,20). The average molecular weight is 333 g/mol. The van der Waals surface area contributed by atoms with Gasteiger partial charge in [0.15, 0.2) is 0 Å². The van der Waals surface area contributed by atoms with Crippen LogP contribution in [0.1, 0.15) is 21.5 Å². The van der Waals surface area contributed by atoms with E-state index in [2.05, 4.69) is 10.3 Å². The van der Waals surface area contributed by atoms with Crippen LogP contribution in [0.3, 0.4) is 0 Å². The van der Waals surface area contributed by atoms with Gasteiger partial charge in [-0.3, -0.25) is 14.1 Å². The van der Waals surface area contributed by atoms with Crippen LogP contribution in [0, 0.1) is 6.92 Å². The fourth-order valence-corrected chi connectivity index (χ4v) is 2.61. The zero-order chi connectivity index (χ0) is 17.0. The fourth-order valence-electron chi connectivity index (χ4n) is 2.05. The van der Waals surface area contributed by atoms with Crippen molar-refractivity contribution >= 4 is 21.6 Å². The largest absolute Gasteiger partial charge is 0.348 e. The topological polar surface area (TPSA) is 79.4 Å². The van der Waals surface area contributed by atoms with E-state index in [1.165, 1.54) is 11.4 Å². The number of carbonyl (C=O) groups excluding carboxylic acids is 1. The van der Waals surface area contributed by atoms with Crippen molar-refractivity contribution in [3.8, 4) is 0 Å². The fraction of sp³-hybridized carbons (Fsp3) is 0.250. The van der Waals surface area contributed by atoms with E-state index in [0.717, 1.165) is 17.4 Å². The smallest absolute Gasteiger partial charge is 0.251 e. The molecule has 1 N–H and O–H groups in total. The minimum absolute atomic E-state index is 0.259. The molecule has 1 aromatic heterocycles. The monoisotopic (exact) mass is 333 g/mol. The molecule has 0 spiro atoms. The number of anilines is 1. The molecule has 0 fully saturated rings. The van der Waals surface area contributed by atoms with Crippen LogP contribution in [0.5, 0.6) is 0 Å². The number of rotatable bonds is 5. The highest BCUT2D eigenvalue weighted by Crippen LogP contribution is 2.22. The van der Waals surface area contributed by atoms with Crippen molar-refractivity contribution in [2.75, 3.05) is 17.6 Å². The maximum Gasteiger partial charge on any atom is 0.251 e. The highest BCUT2D eigenvalue weighted by Gasteiger charge is 2.16. The number of benzene rings is 1. The first-order chi connectivity index (χ1) is 10.8. The van der Waals surface area contributed by atoms with Crippen molar-refractivity contribution in [3.63, 3.8) is 0 Å². The van der Waals surface area contributed by atoms with Gasteiger partial charge in [0.1, 0.15) is 0 Å². The second-order valence-corrected chi connectivity index (χ2v) is 7.28. The van der Waals surface area contributed by atoms with E-state index in [0.29, 0.717) is 17.8 Å². The van der Waals surface area contributed by atoms with Crippen molar-refractivity contribution in [2.24, 2.45) is 0 Å². The molecule has 2 aromatic rings. The molecule has 1 amide bonds. The summed E-state index contributed by atoms with van der Waals surface area (Å²) < 4.78 is 24.6. The molecule has 0 radical (unpaired) electrons. The van der Waals surface area contributed by atoms with E-state index in [1.54, 1.807) is 37.5 Å². The molecule has 0 saturated carbocycles. The van der Waals surface area contributed by atoms with Gasteiger partial charge in [0, 0.05) is 31.5 Å². The van der Waals surface area contributed by atoms with Crippen LogP contribution in [0.25, 0.3) is 0 Å². The number of amides is 1. The molecule has 0 saturated heterocycles. The van der Waals surface area contributed by atoms with Gasteiger partial charge in [-0.25, -0.2) is 8.42 Å². The molecule has 23 heavy (non-hydrogen) atoms. The molecule has 6 nitrogen and oxygen atoms in total. The first-order valence-corrected chi connectivity index (χ1v) is 8.85. The molecule has 122 valence electrons. The average Bonchev–Trinajstić information content (AvgIpc) is 2.52. The maximum atomic E-state index is 12.3. The minimum atomic E-state index is -3.38. The molecule has 0 aliphatic carbocycles. The molecule has 0 aliphatic rings. The van der Waals surface area contributed by atoms with Crippen molar-refractivity contribution < 1.29 is 13.2 Å². The van der Waals surface area contributed by atoms with E-state index < -0.39 is 10.0 Å². The lowest BCUT2D eigenvalue weighted by atomic mass is 10.1. The highest BCUT2D eigenvalue weighted by atomic mass is 32.2. The Morgan fingerprint density at radius 3 is 2.48 bits per heavy atom. The van der Waals surface area contributed by atoms with Crippen molar-refractivity contribution in [1.82, 2.24) is 10.3 Å². The van der Waals surface area contributed by atoms with Gasteiger partial charge in [0.05, 0.1) is 11.9 Å². The number of hydrogen-bond donors (Lipinski definition) is 1. The Balaban J connectivity index is 2.18. The second-order valence-electron chi connectivity index (χ2n) is 5.27. The van der Waals surface area contributed by atoms with Crippen LogP contribution in [0.4, 0.5) is 5.69 Å². The predicted octanol–water partition coefficient (Wildman–Crippen LogP) is 1.72. The summed E-state index contributed by atoms with van der Waals surface area (Å²) in [5.74, 6) is -0.259. The summed E-state index contributed by atoms with van der Waals surface area (Å²) in [5, 5.41) is 2.80. The molecule has 2 rings (SSSR count). The van der Waals surface area contributed by atoms with Gasteiger partial charge in [-0.2, -0.15) is 0 Å². The SMILES string of the molecule is Cc1ccc(C(=O)NCc2ccncc2)cc1N(C)S(C)(=O)=O. The first kappa shape index (κ1) is 17.0. The van der Waals surface area contributed by atoms with Gasteiger partial charge in [-0.1, -0.05) is 6.07 Å². The number of nitrogens with one attached hydrogen (secondary N) is 1. The number of sulfonamides is 1. The zero-order valence-electron chi connectivity index (χ0n) is 13.3. The predicted molar refractivity (Wildman–Crippen MR) is 89.8 cm³/mol. The zero-order valence-corrected chi connectivity index (χ0v) is 14.1. The summed E-state index contributed by atoms with van der Waals surface area (Å²) >= 11 is 0. The lowest BCUT2D eigenvalue weighted by Gasteiger charge is -2.19. The third-order valence-electron chi connectivity index (χ3n) is 3.51. The number of nitrogens with zero attached hydrogens (tertiary/aromatic N) is 2. The quantitative estimate of drug-likeness (QED) is 0.903. The second kappa shape index (κ2) is 6.78. The normalized spacial score (nSPS) is 11.1. The number of aromatic nitrogens is 1. The molecule has 7 heteroatoms. The Morgan fingerprint density at radius 1 is 1.22 bits per heavy atom. The third kappa shape index (κ3) is 4.29. The van der Waals surface area contributed by atoms with E-state index in [9.17, 15) is 13.2 Å². The molecule has 0 unspecified atom stereocenters. The van der Waals surface area contributed by atoms with Gasteiger partial charge in [-0.15, -0.1) is 0 Å². The summed E-state index contributed by atoms with van der Waals surface area (Å²) in [6.45, 7) is 2.18. The number of pyridine rings is 1. The molecule has 0 aliphatic heterocycles. The molecule has 1 aromatic carbocycles. The lowest BCUT2D eigenvalue weighted by Crippen LogP contribution is -2.27. The lowest BCUT2D eigenvalue weighted by molar-refractivity contribution is 0.0951. The van der Waals surface area contributed by atoms with Crippen LogP contribution >= 0.6 is 0 Å². The molecule has 1 heterocycles. The van der Waals surface area contributed by atoms with E-state index >= 15 is 0 Å². The van der Waals surface area contributed by atoms with Gasteiger partial charge in [0.25, 0.3) is 5.91 Å². The Morgan fingerprint density at radius 2 is 1.87 bits per heavy atom. The van der Waals surface area contributed by atoms with Crippen LogP contribution in [-0.2, 0) is 16.6 Å². The Hall–Kier alpha value is -2.41. The molecule has 0 atom stereocenters. The van der Waals surface area contributed by atoms with Crippen LogP contribution in [0.15, 0.2) is 42.7 Å². The summed E-state index contributed by atoms with van der Waals surface area (Å²) in [5.41, 5.74) is 2.62. The Bertz CT molecular complexity index is 805. The molecular formula is C16H19N3O3S. The van der Waals surface area contributed by atoms with Crippen LogP contribution in [0.2, 0.25) is 0 Å². The summed E-state index contributed by atoms with van der Waals surface area (Å²) in [6, 6.07) is 8.63. The van der Waals surface area contributed by atoms with Crippen molar-refractivity contribution in [1.29, 1.82) is 0 Å². The number of hydrogen-bond acceptors (Lipinski definition) is 4. The van der Waals surface area contributed by atoms with Gasteiger partial charge < -0.3 is 5.32 Å². The molecular weight excluding hydrogens is 314 g/mol. The Kier molecular flexibility index (Phi) is 5.00. The summed E-state index contributed by atoms with van der Waals surface area (Å²) in [6.07, 6.45) is 4.45. The van der Waals surface area contributed by atoms with E-state index in [-0.39, 0.29) is 5.91 Å². The van der Waals surface area contributed by atoms with Gasteiger partial charge >= 0.3 is 0 Å². The third-order valence-corrected chi connectivity index (χ3v) is 4.70. The number of aryl methyl sites for hydroxylation is 1. The van der Waals surface area contributed by atoms with E-state index in [4.69, 9.17) is 0 Å². The summed E-state index contributed by atoms with van der Waals surface area (Å²) in [4.78, 5) is 16.2. The van der Waals surface area contributed by atoms with Gasteiger partial charge in [0.2, 0.25) is 10.0 Å².